The number of ether oxygens (including phenoxy) is 2. The van der Waals surface area contributed by atoms with E-state index in [1.165, 1.54) is 0 Å². The molecule has 17 heavy (non-hydrogen) atoms. The van der Waals surface area contributed by atoms with E-state index in [1.54, 1.807) is 0 Å². The van der Waals surface area contributed by atoms with Crippen LogP contribution in [0.3, 0.4) is 0 Å². The molecule has 0 aliphatic rings. The standard InChI is InChI=1S/C14H19NO2/c1-2-10-16-11-12-17-14-8-4-3-6-13(14)7-5-9-15/h3-4,6,8H,2,9-12,15H2,1H3. The number of hydrogen-bond donors (Lipinski definition) is 1. The summed E-state index contributed by atoms with van der Waals surface area (Å²) in [4.78, 5) is 0. The zero-order valence-electron chi connectivity index (χ0n) is 10.2. The summed E-state index contributed by atoms with van der Waals surface area (Å²) in [6.07, 6.45) is 1.03. The summed E-state index contributed by atoms with van der Waals surface area (Å²) in [5.41, 5.74) is 6.22. The lowest BCUT2D eigenvalue weighted by molar-refractivity contribution is 0.101. The smallest absolute Gasteiger partial charge is 0.135 e. The third-order valence-corrected chi connectivity index (χ3v) is 2.05. The number of para-hydroxylation sites is 1. The van der Waals surface area contributed by atoms with Gasteiger partial charge in [0.2, 0.25) is 0 Å². The van der Waals surface area contributed by atoms with Crippen molar-refractivity contribution in [1.29, 1.82) is 0 Å². The van der Waals surface area contributed by atoms with Crippen LogP contribution >= 0.6 is 0 Å². The van der Waals surface area contributed by atoms with Gasteiger partial charge in [0.1, 0.15) is 12.4 Å². The van der Waals surface area contributed by atoms with Crippen LogP contribution in [0, 0.1) is 11.8 Å². The van der Waals surface area contributed by atoms with Gasteiger partial charge in [-0.2, -0.15) is 0 Å². The minimum Gasteiger partial charge on any atom is -0.490 e. The van der Waals surface area contributed by atoms with Gasteiger partial charge < -0.3 is 15.2 Å². The molecule has 0 heterocycles. The van der Waals surface area contributed by atoms with E-state index in [9.17, 15) is 0 Å². The molecule has 0 amide bonds. The van der Waals surface area contributed by atoms with E-state index < -0.39 is 0 Å². The molecule has 0 radical (unpaired) electrons. The van der Waals surface area contributed by atoms with Gasteiger partial charge in [0.05, 0.1) is 18.7 Å². The molecule has 3 nitrogen and oxygen atoms in total. The fraction of sp³-hybridized carbons (Fsp3) is 0.429. The van der Waals surface area contributed by atoms with Crippen molar-refractivity contribution < 1.29 is 9.47 Å². The van der Waals surface area contributed by atoms with Gasteiger partial charge in [0, 0.05) is 6.61 Å². The van der Waals surface area contributed by atoms with Crippen molar-refractivity contribution >= 4 is 0 Å². The van der Waals surface area contributed by atoms with Gasteiger partial charge in [-0.05, 0) is 18.6 Å². The molecule has 3 heteroatoms. The summed E-state index contributed by atoms with van der Waals surface area (Å²) in [5.74, 6) is 6.59. The van der Waals surface area contributed by atoms with Gasteiger partial charge >= 0.3 is 0 Å². The lowest BCUT2D eigenvalue weighted by atomic mass is 10.2. The highest BCUT2D eigenvalue weighted by molar-refractivity contribution is 5.45. The summed E-state index contributed by atoms with van der Waals surface area (Å²) < 4.78 is 11.0. The van der Waals surface area contributed by atoms with Crippen molar-refractivity contribution in [3.8, 4) is 17.6 Å². The van der Waals surface area contributed by atoms with Gasteiger partial charge in [0.25, 0.3) is 0 Å². The first-order valence-electron chi connectivity index (χ1n) is 5.87. The topological polar surface area (TPSA) is 44.5 Å². The average Bonchev–Trinajstić information content (AvgIpc) is 2.37. The highest BCUT2D eigenvalue weighted by Gasteiger charge is 1.99. The van der Waals surface area contributed by atoms with Crippen LogP contribution in [0.2, 0.25) is 0 Å². The van der Waals surface area contributed by atoms with Crippen molar-refractivity contribution in [2.45, 2.75) is 13.3 Å². The SMILES string of the molecule is CCCOCCOc1ccccc1C#CCN. The molecule has 0 spiro atoms. The Morgan fingerprint density at radius 3 is 2.76 bits per heavy atom. The van der Waals surface area contributed by atoms with E-state index in [2.05, 4.69) is 18.8 Å². The van der Waals surface area contributed by atoms with E-state index in [4.69, 9.17) is 15.2 Å². The van der Waals surface area contributed by atoms with Crippen LogP contribution in [0.4, 0.5) is 0 Å². The van der Waals surface area contributed by atoms with Crippen molar-refractivity contribution in [3.63, 3.8) is 0 Å². The molecule has 1 aromatic carbocycles. The summed E-state index contributed by atoms with van der Waals surface area (Å²) in [7, 11) is 0. The maximum atomic E-state index is 5.61. The van der Waals surface area contributed by atoms with Crippen molar-refractivity contribution in [2.75, 3.05) is 26.4 Å². The summed E-state index contributed by atoms with van der Waals surface area (Å²) in [5, 5.41) is 0. The van der Waals surface area contributed by atoms with Gasteiger partial charge in [-0.15, -0.1) is 0 Å². The van der Waals surface area contributed by atoms with Crippen molar-refractivity contribution in [3.05, 3.63) is 29.8 Å². The van der Waals surface area contributed by atoms with Crippen LogP contribution < -0.4 is 10.5 Å². The minimum atomic E-state index is 0.355. The first kappa shape index (κ1) is 13.6. The minimum absolute atomic E-state index is 0.355. The second-order valence-electron chi connectivity index (χ2n) is 3.46. The Hall–Kier alpha value is -1.50. The zero-order chi connectivity index (χ0) is 12.3. The van der Waals surface area contributed by atoms with Gasteiger partial charge in [-0.3, -0.25) is 0 Å². The normalized spacial score (nSPS) is 9.53. The molecule has 92 valence electrons. The number of rotatable bonds is 6. The Morgan fingerprint density at radius 1 is 1.18 bits per heavy atom. The fourth-order valence-corrected chi connectivity index (χ4v) is 1.30. The Labute approximate surface area is 103 Å². The molecular weight excluding hydrogens is 214 g/mol. The number of nitrogens with two attached hydrogens (primary N) is 1. The monoisotopic (exact) mass is 233 g/mol. The second-order valence-corrected chi connectivity index (χ2v) is 3.46. The molecule has 1 aromatic rings. The third kappa shape index (κ3) is 5.39. The highest BCUT2D eigenvalue weighted by atomic mass is 16.5. The third-order valence-electron chi connectivity index (χ3n) is 2.05. The molecule has 0 bridgehead atoms. The molecule has 0 unspecified atom stereocenters. The van der Waals surface area contributed by atoms with Crippen LogP contribution in [0.5, 0.6) is 5.75 Å². The molecule has 0 saturated carbocycles. The lowest BCUT2D eigenvalue weighted by Gasteiger charge is -2.08. The quantitative estimate of drug-likeness (QED) is 0.602. The number of benzene rings is 1. The van der Waals surface area contributed by atoms with Crippen molar-refractivity contribution in [1.82, 2.24) is 0 Å². The molecule has 0 fully saturated rings. The first-order chi connectivity index (χ1) is 8.38. The molecule has 1 rings (SSSR count). The summed E-state index contributed by atoms with van der Waals surface area (Å²) in [6, 6.07) is 7.68. The largest absolute Gasteiger partial charge is 0.490 e. The predicted molar refractivity (Wildman–Crippen MR) is 69.0 cm³/mol. The van der Waals surface area contributed by atoms with Crippen LogP contribution in [0.15, 0.2) is 24.3 Å². The summed E-state index contributed by atoms with van der Waals surface area (Å²) >= 11 is 0. The van der Waals surface area contributed by atoms with Crippen molar-refractivity contribution in [2.24, 2.45) is 5.73 Å². The number of hydrogen-bond acceptors (Lipinski definition) is 3. The first-order valence-corrected chi connectivity index (χ1v) is 5.87. The van der Waals surface area contributed by atoms with E-state index in [1.807, 2.05) is 24.3 Å². The maximum absolute atomic E-state index is 5.61. The van der Waals surface area contributed by atoms with Crippen LogP contribution in [0.1, 0.15) is 18.9 Å². The second kappa shape index (κ2) is 8.63. The van der Waals surface area contributed by atoms with Gasteiger partial charge in [-0.25, -0.2) is 0 Å². The highest BCUT2D eigenvalue weighted by Crippen LogP contribution is 2.16. The maximum Gasteiger partial charge on any atom is 0.135 e. The summed E-state index contributed by atoms with van der Waals surface area (Å²) in [6.45, 7) is 4.36. The van der Waals surface area contributed by atoms with Gasteiger partial charge in [0.15, 0.2) is 0 Å². The molecule has 0 aliphatic heterocycles. The van der Waals surface area contributed by atoms with Crippen LogP contribution in [-0.2, 0) is 4.74 Å². The molecular formula is C14H19NO2. The predicted octanol–water partition coefficient (Wildman–Crippen LogP) is 1.80. The van der Waals surface area contributed by atoms with E-state index in [-0.39, 0.29) is 0 Å². The van der Waals surface area contributed by atoms with E-state index >= 15 is 0 Å². The molecule has 0 aliphatic carbocycles. The fourth-order valence-electron chi connectivity index (χ4n) is 1.30. The van der Waals surface area contributed by atoms with E-state index in [0.29, 0.717) is 19.8 Å². The Kier molecular flexibility index (Phi) is 6.89. The molecule has 0 atom stereocenters. The van der Waals surface area contributed by atoms with Gasteiger partial charge in [-0.1, -0.05) is 30.9 Å². The molecule has 0 aromatic heterocycles. The van der Waals surface area contributed by atoms with Crippen LogP contribution in [0.25, 0.3) is 0 Å². The zero-order valence-corrected chi connectivity index (χ0v) is 10.2. The Morgan fingerprint density at radius 2 is 2.00 bits per heavy atom. The molecule has 2 N–H and O–H groups in total. The Bertz CT molecular complexity index is 379. The molecule has 0 saturated heterocycles. The lowest BCUT2D eigenvalue weighted by Crippen LogP contribution is -2.07. The average molecular weight is 233 g/mol. The van der Waals surface area contributed by atoms with Crippen LogP contribution in [-0.4, -0.2) is 26.4 Å². The Balaban J connectivity index is 2.46. The van der Waals surface area contributed by atoms with E-state index in [0.717, 1.165) is 24.3 Å².